The minimum atomic E-state index is 0. The van der Waals surface area contributed by atoms with E-state index < -0.39 is 0 Å². The average Bonchev–Trinajstić information content (AvgIpc) is 3.78. The number of aromatic amines is 1. The van der Waals surface area contributed by atoms with Gasteiger partial charge in [0.05, 0.1) is 11.6 Å². The van der Waals surface area contributed by atoms with Crippen LogP contribution in [0.4, 0.5) is 0 Å². The zero-order valence-corrected chi connectivity index (χ0v) is 24.3. The summed E-state index contributed by atoms with van der Waals surface area (Å²) < 4.78 is 8.25. The molecule has 0 atom stereocenters. The molecule has 0 unspecified atom stereocenters. The standard InChI is InChI=1S/C32H17N8.CH3.O.Ti/c1-2-10-18-17(9-1)25-33-26(18)38-28-21-13-5-6-14-22(21)30(35-28)40-32-24-16-8-7-15-23(24)31(36-32)39-29-20-12-4-3-11-19(20)27(34-29)37-25;;;/h1-16H,(H-,33,34,35,36,37,38,39,40);1H3;;/q2*-1;;+2. The Morgan fingerprint density at radius 3 is 1.16 bits per heavy atom. The minimum absolute atomic E-state index is 0. The fourth-order valence-corrected chi connectivity index (χ4v) is 5.52. The molecule has 4 aromatic carbocycles. The molecule has 0 fully saturated rings. The first-order valence-electron chi connectivity index (χ1n) is 13.1. The fraction of sp³-hybridized carbons (Fsp3) is 0. The molecule has 202 valence electrons. The molecular weight excluding hydrogens is 572 g/mol. The van der Waals surface area contributed by atoms with Crippen molar-refractivity contribution in [2.24, 2.45) is 0 Å². The van der Waals surface area contributed by atoms with Gasteiger partial charge in [-0.3, -0.25) is 0 Å². The molecule has 9 rings (SSSR count). The molecule has 10 heteroatoms. The average molecular weight is 592 g/mol. The van der Waals surface area contributed by atoms with E-state index in [2.05, 4.69) is 4.98 Å². The molecule has 8 bridgehead atoms. The summed E-state index contributed by atoms with van der Waals surface area (Å²) in [6, 6.07) is 32.0. The van der Waals surface area contributed by atoms with Gasteiger partial charge in [-0.15, -0.1) is 0 Å². The second kappa shape index (κ2) is 10.5. The number of hydrogen-bond donors (Lipinski definition) is 1. The molecule has 9 nitrogen and oxygen atoms in total. The molecule has 0 aliphatic carbocycles. The predicted octanol–water partition coefficient (Wildman–Crippen LogP) is 6.83. The molecular formula is C33H20N8OTi. The van der Waals surface area contributed by atoms with E-state index in [0.29, 0.717) is 45.9 Å². The summed E-state index contributed by atoms with van der Waals surface area (Å²) in [5.74, 6) is 2.30. The number of fused-ring (bicyclic) bond motifs is 20. The molecule has 2 aliphatic rings. The van der Waals surface area contributed by atoms with Crippen molar-refractivity contribution in [3.05, 3.63) is 104 Å². The van der Waals surface area contributed by atoms with Gasteiger partial charge in [-0.1, -0.05) is 97.1 Å². The van der Waals surface area contributed by atoms with Crippen LogP contribution in [0.1, 0.15) is 0 Å². The third-order valence-electron chi connectivity index (χ3n) is 7.40. The first-order chi connectivity index (χ1) is 20.8. The predicted molar refractivity (Wildman–Crippen MR) is 162 cm³/mol. The first kappa shape index (κ1) is 26.6. The van der Waals surface area contributed by atoms with Gasteiger partial charge in [-0.2, -0.15) is 0 Å². The number of rotatable bonds is 0. The second-order valence-corrected chi connectivity index (χ2v) is 9.73. The third-order valence-corrected chi connectivity index (χ3v) is 7.40. The van der Waals surface area contributed by atoms with Crippen LogP contribution >= 0.6 is 0 Å². The van der Waals surface area contributed by atoms with Gasteiger partial charge in [0, 0.05) is 44.3 Å². The Bertz CT molecular complexity index is 2060. The Morgan fingerprint density at radius 1 is 0.442 bits per heavy atom. The Kier molecular flexibility index (Phi) is 6.53. The van der Waals surface area contributed by atoms with Crippen LogP contribution in [0.3, 0.4) is 0 Å². The number of nitrogens with zero attached hydrogens (tertiary/aromatic N) is 7. The van der Waals surface area contributed by atoms with Crippen LogP contribution in [0.25, 0.3) is 89.7 Å². The summed E-state index contributed by atoms with van der Waals surface area (Å²) in [4.78, 5) is 38.0. The largest absolute Gasteiger partial charge is 0.357 e. The van der Waals surface area contributed by atoms with Crippen molar-refractivity contribution in [2.45, 2.75) is 0 Å². The zero-order valence-electron chi connectivity index (χ0n) is 22.8. The molecule has 5 heterocycles. The molecule has 0 radical (unpaired) electrons. The minimum Gasteiger partial charge on any atom is -0.357 e. The van der Waals surface area contributed by atoms with E-state index in [1.165, 1.54) is 0 Å². The summed E-state index contributed by atoms with van der Waals surface area (Å²) >= 11 is 0.750. The van der Waals surface area contributed by atoms with Crippen LogP contribution in [0.15, 0.2) is 97.1 Å². The van der Waals surface area contributed by atoms with Crippen molar-refractivity contribution in [3.8, 4) is 45.6 Å². The van der Waals surface area contributed by atoms with Crippen LogP contribution in [0, 0.1) is 7.43 Å². The van der Waals surface area contributed by atoms with Gasteiger partial charge in [-0.25, -0.2) is 19.9 Å². The van der Waals surface area contributed by atoms with Gasteiger partial charge >= 0.3 is 23.7 Å². The van der Waals surface area contributed by atoms with E-state index in [0.717, 1.165) is 64.2 Å². The van der Waals surface area contributed by atoms with Crippen molar-refractivity contribution < 1.29 is 23.7 Å². The quantitative estimate of drug-likeness (QED) is 0.150. The maximum atomic E-state index is 8.25. The fourth-order valence-electron chi connectivity index (χ4n) is 5.52. The smallest absolute Gasteiger partial charge is 0.163 e. The summed E-state index contributed by atoms with van der Waals surface area (Å²) in [5.41, 5.74) is 6.11. The zero-order chi connectivity index (χ0) is 28.2. The Labute approximate surface area is 256 Å². The van der Waals surface area contributed by atoms with Gasteiger partial charge in [0.1, 0.15) is 11.3 Å². The van der Waals surface area contributed by atoms with E-state index in [1.54, 1.807) is 0 Å². The van der Waals surface area contributed by atoms with Gasteiger partial charge in [0.15, 0.2) is 11.6 Å². The van der Waals surface area contributed by atoms with E-state index in [9.17, 15) is 0 Å². The Hall–Kier alpha value is -5.25. The maximum Gasteiger partial charge on any atom is 0.163 e. The van der Waals surface area contributed by atoms with Crippen LogP contribution in [0.2, 0.25) is 0 Å². The van der Waals surface area contributed by atoms with Gasteiger partial charge in [-0.05, 0) is 10.8 Å². The van der Waals surface area contributed by atoms with Crippen molar-refractivity contribution in [2.75, 3.05) is 0 Å². The van der Waals surface area contributed by atoms with Crippen molar-refractivity contribution in [3.63, 3.8) is 0 Å². The van der Waals surface area contributed by atoms with E-state index in [-0.39, 0.29) is 7.43 Å². The monoisotopic (exact) mass is 592 g/mol. The summed E-state index contributed by atoms with van der Waals surface area (Å²) in [7, 11) is 0. The Balaban J connectivity index is 0.000000981. The van der Waals surface area contributed by atoms with Crippen molar-refractivity contribution >= 4 is 44.1 Å². The first-order valence-corrected chi connectivity index (χ1v) is 13.8. The molecule has 7 aromatic rings. The second-order valence-electron chi connectivity index (χ2n) is 9.73. The molecule has 0 saturated carbocycles. The molecule has 2 aliphatic heterocycles. The Morgan fingerprint density at radius 2 is 0.767 bits per heavy atom. The molecule has 0 spiro atoms. The normalized spacial score (nSPS) is 11.3. The van der Waals surface area contributed by atoms with Crippen LogP contribution < -0.4 is 4.98 Å². The van der Waals surface area contributed by atoms with E-state index in [1.807, 2.05) is 97.1 Å². The van der Waals surface area contributed by atoms with E-state index in [4.69, 9.17) is 38.2 Å². The number of H-pyrrole nitrogens is 1. The SMILES string of the molecule is [CH3-].[O]=[Ti+2].c1ccc2c(c1)-c1nc-2nc2[nH]c(nc3nc(nc4[n-]c(n1)c1ccccc41)-c1ccccc1-3)c1ccccc21. The molecule has 1 N–H and O–H groups in total. The molecule has 0 amide bonds. The van der Waals surface area contributed by atoms with Gasteiger partial charge in [0.2, 0.25) is 0 Å². The van der Waals surface area contributed by atoms with Gasteiger partial charge in [0.25, 0.3) is 0 Å². The number of aromatic nitrogens is 8. The van der Waals surface area contributed by atoms with Crippen molar-refractivity contribution in [1.82, 2.24) is 39.9 Å². The van der Waals surface area contributed by atoms with Crippen molar-refractivity contribution in [1.29, 1.82) is 0 Å². The number of hydrogen-bond acceptors (Lipinski definition) is 7. The molecule has 43 heavy (non-hydrogen) atoms. The summed E-state index contributed by atoms with van der Waals surface area (Å²) in [5, 5.41) is 3.70. The third kappa shape index (κ3) is 4.20. The van der Waals surface area contributed by atoms with Crippen LogP contribution in [-0.2, 0) is 23.7 Å². The van der Waals surface area contributed by atoms with E-state index >= 15 is 0 Å². The summed E-state index contributed by atoms with van der Waals surface area (Å²) in [6.07, 6.45) is 0. The van der Waals surface area contributed by atoms with Gasteiger partial charge < -0.3 is 27.4 Å². The maximum absolute atomic E-state index is 8.25. The summed E-state index contributed by atoms with van der Waals surface area (Å²) in [6.45, 7) is 0. The van der Waals surface area contributed by atoms with Crippen LogP contribution in [0.5, 0.6) is 0 Å². The number of nitrogens with one attached hydrogen (secondary N) is 1. The molecule has 0 saturated heterocycles. The molecule has 3 aromatic heterocycles. The topological polar surface area (TPSA) is 124 Å². The van der Waals surface area contributed by atoms with Crippen LogP contribution in [-0.4, -0.2) is 34.9 Å². The number of benzene rings is 4.